The summed E-state index contributed by atoms with van der Waals surface area (Å²) < 4.78 is 0.699. The van der Waals surface area contributed by atoms with Crippen molar-refractivity contribution in [1.29, 1.82) is 0 Å². The van der Waals surface area contributed by atoms with Gasteiger partial charge in [-0.15, -0.1) is 11.3 Å². The van der Waals surface area contributed by atoms with Crippen LogP contribution in [0, 0.1) is 0 Å². The van der Waals surface area contributed by atoms with Crippen molar-refractivity contribution in [3.8, 4) is 10.6 Å². The molecule has 1 N–H and O–H groups in total. The first-order valence-corrected chi connectivity index (χ1v) is 9.38. The molecule has 0 atom stereocenters. The normalized spacial score (nSPS) is 10.8. The maximum Gasteiger partial charge on any atom is 0.252 e. The second kappa shape index (κ2) is 7.28. The first kappa shape index (κ1) is 16.8. The Balaban J connectivity index is 1.71. The molecule has 2 heterocycles. The van der Waals surface area contributed by atoms with E-state index in [-0.39, 0.29) is 5.91 Å². The Morgan fingerprint density at radius 2 is 1.77 bits per heavy atom. The molecular weight excluding hydrogens is 364 g/mol. The summed E-state index contributed by atoms with van der Waals surface area (Å²) >= 11 is 7.51. The third kappa shape index (κ3) is 3.47. The molecule has 0 aliphatic carbocycles. The van der Waals surface area contributed by atoms with Crippen LogP contribution in [0.3, 0.4) is 0 Å². The molecule has 2 aromatic carbocycles. The van der Waals surface area contributed by atoms with E-state index in [4.69, 9.17) is 16.6 Å². The smallest absolute Gasteiger partial charge is 0.252 e. The van der Waals surface area contributed by atoms with Crippen molar-refractivity contribution >= 4 is 39.7 Å². The molecule has 2 aromatic heterocycles. The van der Waals surface area contributed by atoms with Crippen LogP contribution in [-0.2, 0) is 6.54 Å². The van der Waals surface area contributed by atoms with Gasteiger partial charge in [-0.2, -0.15) is 0 Å². The standard InChI is InChI=1S/C21H15ClN2OS/c22-20-11-10-19(26-20)18-12-16(15-8-4-5-9-17(15)24-18)21(25)23-13-14-6-2-1-3-7-14/h1-12H,13H2,(H,23,25). The molecule has 0 aliphatic rings. The van der Waals surface area contributed by atoms with Gasteiger partial charge in [-0.3, -0.25) is 4.79 Å². The number of carbonyl (C=O) groups is 1. The lowest BCUT2D eigenvalue weighted by atomic mass is 10.1. The molecule has 0 aliphatic heterocycles. The SMILES string of the molecule is O=C(NCc1ccccc1)c1cc(-c2ccc(Cl)s2)nc2ccccc12. The van der Waals surface area contributed by atoms with E-state index in [1.807, 2.05) is 72.8 Å². The fourth-order valence-electron chi connectivity index (χ4n) is 2.81. The fraction of sp³-hybridized carbons (Fsp3) is 0.0476. The van der Waals surface area contributed by atoms with E-state index in [9.17, 15) is 4.79 Å². The number of rotatable bonds is 4. The minimum atomic E-state index is -0.114. The summed E-state index contributed by atoms with van der Waals surface area (Å²) in [5, 5.41) is 3.84. The van der Waals surface area contributed by atoms with Crippen molar-refractivity contribution < 1.29 is 4.79 Å². The minimum Gasteiger partial charge on any atom is -0.348 e. The number of hydrogen-bond acceptors (Lipinski definition) is 3. The molecule has 0 unspecified atom stereocenters. The summed E-state index contributed by atoms with van der Waals surface area (Å²) in [5.41, 5.74) is 3.22. The summed E-state index contributed by atoms with van der Waals surface area (Å²) in [5.74, 6) is -0.114. The van der Waals surface area contributed by atoms with Gasteiger partial charge in [-0.1, -0.05) is 60.1 Å². The van der Waals surface area contributed by atoms with Gasteiger partial charge >= 0.3 is 0 Å². The lowest BCUT2D eigenvalue weighted by Gasteiger charge is -2.10. The summed E-state index contributed by atoms with van der Waals surface area (Å²) in [4.78, 5) is 18.5. The first-order valence-electron chi connectivity index (χ1n) is 8.18. The number of thiophene rings is 1. The predicted octanol–water partition coefficient (Wildman–Crippen LogP) is 5.55. The number of halogens is 1. The molecule has 4 rings (SSSR count). The maximum atomic E-state index is 12.9. The van der Waals surface area contributed by atoms with E-state index in [1.165, 1.54) is 11.3 Å². The summed E-state index contributed by atoms with van der Waals surface area (Å²) in [6, 6.07) is 23.1. The Kier molecular flexibility index (Phi) is 4.69. The van der Waals surface area contributed by atoms with Crippen molar-refractivity contribution in [3.05, 3.63) is 88.3 Å². The number of carbonyl (C=O) groups excluding carboxylic acids is 1. The van der Waals surface area contributed by atoms with Crippen LogP contribution >= 0.6 is 22.9 Å². The summed E-state index contributed by atoms with van der Waals surface area (Å²) in [7, 11) is 0. The number of nitrogens with zero attached hydrogens (tertiary/aromatic N) is 1. The quantitative estimate of drug-likeness (QED) is 0.506. The van der Waals surface area contributed by atoms with E-state index in [2.05, 4.69) is 5.32 Å². The second-order valence-electron chi connectivity index (χ2n) is 5.84. The highest BCUT2D eigenvalue weighted by Gasteiger charge is 2.14. The van der Waals surface area contributed by atoms with Gasteiger partial charge in [0.1, 0.15) is 0 Å². The van der Waals surface area contributed by atoms with Gasteiger partial charge in [-0.25, -0.2) is 4.98 Å². The third-order valence-electron chi connectivity index (χ3n) is 4.08. The third-order valence-corrected chi connectivity index (χ3v) is 5.34. The lowest BCUT2D eigenvalue weighted by molar-refractivity contribution is 0.0952. The topological polar surface area (TPSA) is 42.0 Å². The van der Waals surface area contributed by atoms with E-state index in [0.717, 1.165) is 27.0 Å². The number of para-hydroxylation sites is 1. The summed E-state index contributed by atoms with van der Waals surface area (Å²) in [6.45, 7) is 0.483. The van der Waals surface area contributed by atoms with Crippen molar-refractivity contribution in [2.24, 2.45) is 0 Å². The lowest BCUT2D eigenvalue weighted by Crippen LogP contribution is -2.23. The zero-order valence-corrected chi connectivity index (χ0v) is 15.3. The molecule has 0 saturated heterocycles. The van der Waals surface area contributed by atoms with E-state index in [0.29, 0.717) is 16.4 Å². The molecule has 0 spiro atoms. The molecule has 1 amide bonds. The van der Waals surface area contributed by atoms with Gasteiger partial charge in [0.2, 0.25) is 0 Å². The van der Waals surface area contributed by atoms with Crippen LogP contribution in [0.15, 0.2) is 72.8 Å². The number of amides is 1. The van der Waals surface area contributed by atoms with Gasteiger partial charge in [0.15, 0.2) is 0 Å². The number of nitrogens with one attached hydrogen (secondary N) is 1. The minimum absolute atomic E-state index is 0.114. The molecule has 0 radical (unpaired) electrons. The Morgan fingerprint density at radius 1 is 1.00 bits per heavy atom. The molecule has 0 saturated carbocycles. The highest BCUT2D eigenvalue weighted by Crippen LogP contribution is 2.32. The molecule has 5 heteroatoms. The van der Waals surface area contributed by atoms with Crippen LogP contribution in [0.5, 0.6) is 0 Å². The number of fused-ring (bicyclic) bond motifs is 1. The van der Waals surface area contributed by atoms with E-state index in [1.54, 1.807) is 0 Å². The largest absolute Gasteiger partial charge is 0.348 e. The summed E-state index contributed by atoms with van der Waals surface area (Å²) in [6.07, 6.45) is 0. The van der Waals surface area contributed by atoms with Crippen LogP contribution in [0.4, 0.5) is 0 Å². The van der Waals surface area contributed by atoms with Crippen molar-refractivity contribution in [2.45, 2.75) is 6.54 Å². The maximum absolute atomic E-state index is 12.9. The van der Waals surface area contributed by atoms with Gasteiger partial charge < -0.3 is 5.32 Å². The van der Waals surface area contributed by atoms with Crippen LogP contribution in [0.1, 0.15) is 15.9 Å². The van der Waals surface area contributed by atoms with Gasteiger partial charge in [0, 0.05) is 11.9 Å². The fourth-order valence-corrected chi connectivity index (χ4v) is 3.82. The monoisotopic (exact) mass is 378 g/mol. The van der Waals surface area contributed by atoms with Gasteiger partial charge in [0.25, 0.3) is 5.91 Å². The van der Waals surface area contributed by atoms with Crippen molar-refractivity contribution in [1.82, 2.24) is 10.3 Å². The predicted molar refractivity (Wildman–Crippen MR) is 108 cm³/mol. The van der Waals surface area contributed by atoms with Crippen LogP contribution in [0.2, 0.25) is 4.34 Å². The van der Waals surface area contributed by atoms with Crippen LogP contribution in [-0.4, -0.2) is 10.9 Å². The number of benzene rings is 2. The van der Waals surface area contributed by atoms with E-state index >= 15 is 0 Å². The average Bonchev–Trinajstić information content (AvgIpc) is 3.12. The van der Waals surface area contributed by atoms with Crippen molar-refractivity contribution in [2.75, 3.05) is 0 Å². The van der Waals surface area contributed by atoms with Crippen LogP contribution in [0.25, 0.3) is 21.5 Å². The molecule has 0 bridgehead atoms. The Morgan fingerprint density at radius 3 is 2.54 bits per heavy atom. The number of hydrogen-bond donors (Lipinski definition) is 1. The number of pyridine rings is 1. The van der Waals surface area contributed by atoms with E-state index < -0.39 is 0 Å². The average molecular weight is 379 g/mol. The van der Waals surface area contributed by atoms with Gasteiger partial charge in [-0.05, 0) is 29.8 Å². The molecular formula is C21H15ClN2OS. The highest BCUT2D eigenvalue weighted by atomic mass is 35.5. The first-order chi connectivity index (χ1) is 12.7. The number of aromatic nitrogens is 1. The second-order valence-corrected chi connectivity index (χ2v) is 7.56. The highest BCUT2D eigenvalue weighted by molar-refractivity contribution is 7.19. The molecule has 0 fully saturated rings. The van der Waals surface area contributed by atoms with Crippen molar-refractivity contribution in [3.63, 3.8) is 0 Å². The molecule has 128 valence electrons. The zero-order valence-electron chi connectivity index (χ0n) is 13.8. The molecule has 3 nitrogen and oxygen atoms in total. The molecule has 4 aromatic rings. The Labute approximate surface area is 160 Å². The molecule has 26 heavy (non-hydrogen) atoms. The van der Waals surface area contributed by atoms with Gasteiger partial charge in [0.05, 0.1) is 26.0 Å². The zero-order chi connectivity index (χ0) is 17.9. The Bertz CT molecular complexity index is 1080. The van der Waals surface area contributed by atoms with Crippen LogP contribution < -0.4 is 5.32 Å². The Hall–Kier alpha value is -2.69.